The summed E-state index contributed by atoms with van der Waals surface area (Å²) in [5.41, 5.74) is 2.78. The first-order chi connectivity index (χ1) is 14.5. The van der Waals surface area contributed by atoms with E-state index in [1.165, 1.54) is 0 Å². The Morgan fingerprint density at radius 1 is 1.17 bits per heavy atom. The summed E-state index contributed by atoms with van der Waals surface area (Å²) in [6.07, 6.45) is 7.89. The van der Waals surface area contributed by atoms with E-state index in [-0.39, 0.29) is 23.8 Å². The highest BCUT2D eigenvalue weighted by Gasteiger charge is 2.45. The quantitative estimate of drug-likeness (QED) is 0.794. The van der Waals surface area contributed by atoms with Crippen LogP contribution in [-0.2, 0) is 16.0 Å². The molecule has 2 aromatic rings. The summed E-state index contributed by atoms with van der Waals surface area (Å²) in [5, 5.41) is 3.14. The van der Waals surface area contributed by atoms with Crippen LogP contribution in [0.15, 0.2) is 48.8 Å². The molecule has 1 aromatic heterocycles. The molecule has 0 radical (unpaired) electrons. The van der Waals surface area contributed by atoms with Crippen molar-refractivity contribution in [3.05, 3.63) is 54.4 Å². The fourth-order valence-electron chi connectivity index (χ4n) is 4.53. The maximum Gasteiger partial charge on any atom is 0.228 e. The zero-order valence-corrected chi connectivity index (χ0v) is 17.9. The van der Waals surface area contributed by atoms with E-state index in [2.05, 4.69) is 34.6 Å². The molecule has 0 spiro atoms. The highest BCUT2D eigenvalue weighted by Crippen LogP contribution is 2.38. The first-order valence-electron chi connectivity index (χ1n) is 11.1. The van der Waals surface area contributed by atoms with E-state index in [4.69, 9.17) is 0 Å². The summed E-state index contributed by atoms with van der Waals surface area (Å²) in [4.78, 5) is 32.2. The summed E-state index contributed by atoms with van der Waals surface area (Å²) in [6, 6.07) is 12.5. The predicted molar refractivity (Wildman–Crippen MR) is 118 cm³/mol. The molecule has 1 N–H and O–H groups in total. The van der Waals surface area contributed by atoms with Crippen LogP contribution >= 0.6 is 0 Å². The minimum atomic E-state index is -0.579. The van der Waals surface area contributed by atoms with Crippen molar-refractivity contribution in [1.29, 1.82) is 0 Å². The topological polar surface area (TPSA) is 62.3 Å². The van der Waals surface area contributed by atoms with Gasteiger partial charge in [0.15, 0.2) is 0 Å². The number of nitrogens with zero attached hydrogens (tertiary/aromatic N) is 2. The zero-order valence-electron chi connectivity index (χ0n) is 17.9. The Morgan fingerprint density at radius 2 is 1.93 bits per heavy atom. The fraction of sp³-hybridized carbons (Fsp3) is 0.480. The minimum absolute atomic E-state index is 0.0695. The maximum atomic E-state index is 13.4. The van der Waals surface area contributed by atoms with Crippen molar-refractivity contribution in [2.24, 2.45) is 11.3 Å². The summed E-state index contributed by atoms with van der Waals surface area (Å²) in [5.74, 6) is 0.492. The standard InChI is InChI=1S/C25H31N3O2/c1-18(2)27-24(30)25(11-4-14-28(17-25)23(29)21-7-8-21)16-19-5-3-6-22(15-19)20-9-12-26-13-10-20/h3,5-6,9-10,12-13,15,18,21H,4,7-8,11,14,16-17H2,1-2H3,(H,27,30). The van der Waals surface area contributed by atoms with Gasteiger partial charge in [0.25, 0.3) is 0 Å². The Morgan fingerprint density at radius 3 is 2.63 bits per heavy atom. The molecular weight excluding hydrogens is 374 g/mol. The van der Waals surface area contributed by atoms with Crippen LogP contribution in [0.1, 0.15) is 45.1 Å². The Bertz CT molecular complexity index is 908. The molecule has 1 saturated heterocycles. The molecular formula is C25H31N3O2. The van der Waals surface area contributed by atoms with E-state index in [0.29, 0.717) is 13.0 Å². The molecule has 2 aliphatic rings. The average molecular weight is 406 g/mol. The van der Waals surface area contributed by atoms with Crippen molar-refractivity contribution >= 4 is 11.8 Å². The maximum absolute atomic E-state index is 13.4. The number of rotatable bonds is 6. The summed E-state index contributed by atoms with van der Waals surface area (Å²) in [6.45, 7) is 5.26. The highest BCUT2D eigenvalue weighted by molar-refractivity contribution is 5.86. The molecule has 1 aliphatic carbocycles. The summed E-state index contributed by atoms with van der Waals surface area (Å²) in [7, 11) is 0. The number of hydrogen-bond acceptors (Lipinski definition) is 3. The zero-order chi connectivity index (χ0) is 21.1. The minimum Gasteiger partial charge on any atom is -0.353 e. The van der Waals surface area contributed by atoms with Crippen LogP contribution in [0.2, 0.25) is 0 Å². The van der Waals surface area contributed by atoms with Crippen LogP contribution in [-0.4, -0.2) is 40.8 Å². The van der Waals surface area contributed by atoms with Crippen molar-refractivity contribution < 1.29 is 9.59 Å². The lowest BCUT2D eigenvalue weighted by Crippen LogP contribution is -2.55. The Balaban J connectivity index is 1.62. The number of aromatic nitrogens is 1. The molecule has 5 heteroatoms. The molecule has 2 fully saturated rings. The van der Waals surface area contributed by atoms with Crippen molar-refractivity contribution in [3.8, 4) is 11.1 Å². The van der Waals surface area contributed by atoms with Gasteiger partial charge in [-0.25, -0.2) is 0 Å². The molecule has 5 nitrogen and oxygen atoms in total. The molecule has 4 rings (SSSR count). The smallest absolute Gasteiger partial charge is 0.228 e. The van der Waals surface area contributed by atoms with Gasteiger partial charge in [0, 0.05) is 37.4 Å². The van der Waals surface area contributed by atoms with Crippen LogP contribution in [0.3, 0.4) is 0 Å². The van der Waals surface area contributed by atoms with Gasteiger partial charge in [-0.1, -0.05) is 24.3 Å². The first-order valence-corrected chi connectivity index (χ1v) is 11.1. The summed E-state index contributed by atoms with van der Waals surface area (Å²) < 4.78 is 0. The number of benzene rings is 1. The van der Waals surface area contributed by atoms with Crippen LogP contribution in [0.4, 0.5) is 0 Å². The van der Waals surface area contributed by atoms with Gasteiger partial charge < -0.3 is 10.2 Å². The fourth-order valence-corrected chi connectivity index (χ4v) is 4.53. The second-order valence-electron chi connectivity index (χ2n) is 9.16. The second-order valence-corrected chi connectivity index (χ2v) is 9.16. The number of likely N-dealkylation sites (tertiary alicyclic amines) is 1. The number of carbonyl (C=O) groups is 2. The number of pyridine rings is 1. The third kappa shape index (κ3) is 4.55. The van der Waals surface area contributed by atoms with E-state index < -0.39 is 5.41 Å². The average Bonchev–Trinajstić information content (AvgIpc) is 3.59. The SMILES string of the molecule is CC(C)NC(=O)C1(Cc2cccc(-c3ccncc3)c2)CCCN(C(=O)C2CC2)C1. The van der Waals surface area contributed by atoms with E-state index in [0.717, 1.165) is 48.9 Å². The number of piperidine rings is 1. The highest BCUT2D eigenvalue weighted by atomic mass is 16.2. The Kier molecular flexibility index (Phi) is 5.89. The Hall–Kier alpha value is -2.69. The number of carbonyl (C=O) groups excluding carboxylic acids is 2. The van der Waals surface area contributed by atoms with E-state index in [1.807, 2.05) is 30.9 Å². The van der Waals surface area contributed by atoms with Crippen LogP contribution < -0.4 is 5.32 Å². The molecule has 30 heavy (non-hydrogen) atoms. The molecule has 1 aliphatic heterocycles. The van der Waals surface area contributed by atoms with E-state index in [1.54, 1.807) is 12.4 Å². The van der Waals surface area contributed by atoms with Crippen LogP contribution in [0.25, 0.3) is 11.1 Å². The van der Waals surface area contributed by atoms with E-state index in [9.17, 15) is 9.59 Å². The van der Waals surface area contributed by atoms with Gasteiger partial charge in [0.05, 0.1) is 5.41 Å². The second kappa shape index (κ2) is 8.58. The normalized spacial score (nSPS) is 21.5. The number of hydrogen-bond donors (Lipinski definition) is 1. The molecule has 158 valence electrons. The van der Waals surface area contributed by atoms with Gasteiger partial charge in [-0.2, -0.15) is 0 Å². The first kappa shape index (κ1) is 20.6. The van der Waals surface area contributed by atoms with Gasteiger partial charge in [-0.05, 0) is 74.8 Å². The van der Waals surface area contributed by atoms with Gasteiger partial charge in [-0.3, -0.25) is 14.6 Å². The van der Waals surface area contributed by atoms with E-state index >= 15 is 0 Å². The van der Waals surface area contributed by atoms with Crippen LogP contribution in [0.5, 0.6) is 0 Å². The lowest BCUT2D eigenvalue weighted by atomic mass is 9.73. The molecule has 1 unspecified atom stereocenters. The molecule has 1 saturated carbocycles. The van der Waals surface area contributed by atoms with Crippen molar-refractivity contribution in [2.45, 2.75) is 52.0 Å². The third-order valence-corrected chi connectivity index (χ3v) is 6.20. The largest absolute Gasteiger partial charge is 0.353 e. The van der Waals surface area contributed by atoms with Crippen molar-refractivity contribution in [1.82, 2.24) is 15.2 Å². The third-order valence-electron chi connectivity index (χ3n) is 6.20. The number of nitrogens with one attached hydrogen (secondary N) is 1. The van der Waals surface area contributed by atoms with Gasteiger partial charge in [0.2, 0.25) is 11.8 Å². The molecule has 0 bridgehead atoms. The monoisotopic (exact) mass is 405 g/mol. The predicted octanol–water partition coefficient (Wildman–Crippen LogP) is 3.83. The molecule has 1 atom stereocenters. The van der Waals surface area contributed by atoms with Crippen molar-refractivity contribution in [2.75, 3.05) is 13.1 Å². The van der Waals surface area contributed by atoms with Gasteiger partial charge in [-0.15, -0.1) is 0 Å². The summed E-state index contributed by atoms with van der Waals surface area (Å²) >= 11 is 0. The van der Waals surface area contributed by atoms with Gasteiger partial charge in [0.1, 0.15) is 0 Å². The van der Waals surface area contributed by atoms with Gasteiger partial charge >= 0.3 is 0 Å². The Labute approximate surface area is 178 Å². The molecule has 2 amide bonds. The lowest BCUT2D eigenvalue weighted by Gasteiger charge is -2.42. The molecule has 1 aromatic carbocycles. The number of amides is 2. The lowest BCUT2D eigenvalue weighted by molar-refractivity contribution is -0.142. The van der Waals surface area contributed by atoms with Crippen LogP contribution in [0, 0.1) is 11.3 Å². The molecule has 2 heterocycles. The van der Waals surface area contributed by atoms with Crippen molar-refractivity contribution in [3.63, 3.8) is 0 Å².